The van der Waals surface area contributed by atoms with E-state index in [0.29, 0.717) is 0 Å². The Labute approximate surface area is 473 Å². The van der Waals surface area contributed by atoms with Crippen LogP contribution in [0.5, 0.6) is 0 Å². The van der Waals surface area contributed by atoms with Gasteiger partial charge in [-0.2, -0.15) is 0 Å². The zero-order chi connectivity index (χ0) is 68.0. The number of nitrogens with zero attached hydrogens (tertiary/aromatic N) is 1. The summed E-state index contributed by atoms with van der Waals surface area (Å²) in [4.78, 5) is 158. The Balaban J connectivity index is 2.50. The van der Waals surface area contributed by atoms with Gasteiger partial charge >= 0.3 is 71.6 Å². The Kier molecular flexibility index (Phi) is 19.4. The zero-order valence-corrected chi connectivity index (χ0v) is 42.3. The van der Waals surface area contributed by atoms with Gasteiger partial charge in [0.25, 0.3) is 0 Å². The first kappa shape index (κ1) is 49.3. The summed E-state index contributed by atoms with van der Waals surface area (Å²) in [7, 11) is 0. The number of esters is 12. The molecule has 0 aromatic heterocycles. The largest absolute Gasteiger partial charge is 0.463 e. The molecule has 79 heavy (non-hydrogen) atoms. The topological polar surface area (TPSA) is 383 Å². The molecule has 0 aromatic carbocycles. The lowest BCUT2D eigenvalue weighted by molar-refractivity contribution is -0.326. The van der Waals surface area contributed by atoms with Crippen LogP contribution in [0, 0.1) is 0 Å². The van der Waals surface area contributed by atoms with E-state index in [1.54, 1.807) is 0 Å². The van der Waals surface area contributed by atoms with Gasteiger partial charge in [0.1, 0.15) is 43.7 Å². The van der Waals surface area contributed by atoms with Crippen LogP contribution in [0.25, 0.3) is 0 Å². The second-order valence-electron chi connectivity index (χ2n) is 16.1. The van der Waals surface area contributed by atoms with Gasteiger partial charge in [-0.3, -0.25) is 57.5 Å². The smallest absolute Gasteiger partial charge is 0.303 e. The van der Waals surface area contributed by atoms with Crippen LogP contribution in [0.2, 0.25) is 0 Å². The Morgan fingerprint density at radius 2 is 0.582 bits per heavy atom. The minimum absolute atomic E-state index is 1.02. The molecule has 0 aromatic rings. The van der Waals surface area contributed by atoms with Crippen LogP contribution < -0.4 is 0 Å². The maximum Gasteiger partial charge on any atom is 0.303 e. The Morgan fingerprint density at radius 1 is 0.367 bits per heavy atom. The van der Waals surface area contributed by atoms with E-state index in [1.807, 2.05) is 5.16 Å². The third-order valence-electron chi connectivity index (χ3n) is 10.2. The third kappa shape index (κ3) is 21.4. The summed E-state index contributed by atoms with van der Waals surface area (Å²) in [6.45, 7) is -20.6. The summed E-state index contributed by atoms with van der Waals surface area (Å²) in [5.41, 5.74) is -2.66. The number of hydrogen-bond donors (Lipinski definition) is 0. The molecule has 0 spiro atoms. The molecule has 32 heteroatoms. The van der Waals surface area contributed by atoms with Gasteiger partial charge in [0, 0.05) is 99.2 Å². The standard InChI is InChI=1S/C47H63NO30S/c1-20(49)61-13-32-35(67-23(4)52)38(70-26(7)55)41(73-29(10)58)44(76-32)64-16-47(48-19-79,17-65-45-42(74-30(11)59)39(71-27(8)56)36(68-24(5)53)33(77-45)14-62-21(2)50)18-66-46-43(75-31(12)60)40(72-28(9)57)37(69-25(6)54)34(78-46)15-63-22(3)51/h32-46H,13-18H2,1-12H3/t32-,33-,34-,35-,36-,37-,38+,39+,40+,41+,42+,43+,44?,45?,46?,47?/m1/s1/i1D,2D,3D,4D,5D,6D,7D,8D,9D,10D,11D,12D. The maximum absolute atomic E-state index is 13.1. The van der Waals surface area contributed by atoms with Gasteiger partial charge in [-0.15, -0.1) is 0 Å². The molecule has 442 valence electrons. The Hall–Kier alpha value is -6.80. The SMILES string of the molecule is [2H]CC(=O)OC[C@H]1OC(OCC(COC2O[C@H](COC(=O)C[2H])[C@@H](OC(=O)C[2H])[C@H](OC(=O)C[2H])[C@@H]2OC(=O)C[2H])(COC2O[C@H](COC(=O)C[2H])[C@@H](OC(=O)C[2H])[C@H](OC(=O)C[2H])[C@@H]2OC(=O)C[2H])N=C=S)[C@@H](OC(=O)C[2H])[C@@H](OC(=O)C[2H])[C@@H]1OC(=O)C[2H]. The molecule has 0 aliphatic carbocycles. The summed E-state index contributed by atoms with van der Waals surface area (Å²) in [6.07, 6.45) is -32.4. The van der Waals surface area contributed by atoms with Gasteiger partial charge in [-0.1, -0.05) is 0 Å². The summed E-state index contributed by atoms with van der Waals surface area (Å²) in [5.74, 6) is -16.5. The van der Waals surface area contributed by atoms with Crippen LogP contribution in [0.3, 0.4) is 0 Å². The molecular weight excluding hydrogens is 1090 g/mol. The molecule has 0 radical (unpaired) electrons. The van der Waals surface area contributed by atoms with Crippen molar-refractivity contribution in [3.05, 3.63) is 0 Å². The van der Waals surface area contributed by atoms with Crippen molar-refractivity contribution in [2.24, 2.45) is 4.99 Å². The molecule has 0 amide bonds. The normalized spacial score (nSPS) is 30.9. The molecular formula is C47H63NO30S. The molecule has 3 rings (SSSR count). The summed E-state index contributed by atoms with van der Waals surface area (Å²) < 4.78 is 192. The first-order chi connectivity index (χ1) is 43.4. The van der Waals surface area contributed by atoms with Crippen LogP contribution in [0.4, 0.5) is 0 Å². The average molecular weight is 1170 g/mol. The second kappa shape index (κ2) is 31.1. The lowest BCUT2D eigenvalue weighted by Gasteiger charge is -2.46. The number of hydrogen-bond acceptors (Lipinski definition) is 32. The minimum atomic E-state index is -2.66. The van der Waals surface area contributed by atoms with Crippen molar-refractivity contribution < 1.29 is 159 Å². The predicted octanol–water partition coefficient (Wildman–Crippen LogP) is -0.873. The molecule has 0 bridgehead atoms. The highest BCUT2D eigenvalue weighted by Crippen LogP contribution is 2.35. The highest BCUT2D eigenvalue weighted by Gasteiger charge is 2.57. The predicted molar refractivity (Wildman–Crippen MR) is 251 cm³/mol. The molecule has 3 unspecified atom stereocenters. The first-order valence-corrected chi connectivity index (χ1v) is 22.5. The van der Waals surface area contributed by atoms with Gasteiger partial charge in [0.05, 0.1) is 25.0 Å². The lowest BCUT2D eigenvalue weighted by atomic mass is 9.97. The molecule has 3 aliphatic heterocycles. The second-order valence-corrected chi connectivity index (χ2v) is 16.3. The van der Waals surface area contributed by atoms with Crippen molar-refractivity contribution in [2.45, 2.75) is 180 Å². The zero-order valence-electron chi connectivity index (χ0n) is 53.5. The number of aliphatic imine (C=N–C) groups is 1. The number of rotatable bonds is 25. The molecule has 31 nitrogen and oxygen atoms in total. The highest BCUT2D eigenvalue weighted by atomic mass is 32.1. The van der Waals surface area contributed by atoms with Crippen LogP contribution >= 0.6 is 12.2 Å². The number of carbonyl (C=O) groups excluding carboxylic acids is 12. The number of isothiocyanates is 1. The van der Waals surface area contributed by atoms with Crippen molar-refractivity contribution >= 4 is 89.0 Å². The van der Waals surface area contributed by atoms with E-state index < -0.39 is 292 Å². The fourth-order valence-corrected chi connectivity index (χ4v) is 7.76. The monoisotopic (exact) mass is 1170 g/mol. The fraction of sp³-hybridized carbons (Fsp3) is 0.723. The van der Waals surface area contributed by atoms with Crippen molar-refractivity contribution in [1.29, 1.82) is 0 Å². The van der Waals surface area contributed by atoms with Gasteiger partial charge in [0.2, 0.25) is 0 Å². The third-order valence-corrected chi connectivity index (χ3v) is 10.3. The first-order valence-electron chi connectivity index (χ1n) is 30.5. The van der Waals surface area contributed by atoms with Crippen molar-refractivity contribution in [1.82, 2.24) is 0 Å². The number of carbonyl (C=O) groups is 12. The summed E-state index contributed by atoms with van der Waals surface area (Å²) in [5, 5.41) is 2.00. The molecule has 3 fully saturated rings. The van der Waals surface area contributed by atoms with Gasteiger partial charge in [0.15, 0.2) is 73.8 Å². The minimum Gasteiger partial charge on any atom is -0.463 e. The lowest BCUT2D eigenvalue weighted by Crippen LogP contribution is -2.64. The molecule has 3 heterocycles. The Bertz CT molecular complexity index is 2300. The van der Waals surface area contributed by atoms with Gasteiger partial charge in [-0.25, -0.2) is 4.99 Å². The van der Waals surface area contributed by atoms with E-state index in [0.717, 1.165) is 0 Å². The van der Waals surface area contributed by atoms with E-state index in [9.17, 15) is 57.5 Å². The number of ether oxygens (including phenoxy) is 18. The summed E-state index contributed by atoms with van der Waals surface area (Å²) in [6, 6.07) is 0. The van der Waals surface area contributed by atoms with E-state index >= 15 is 0 Å². The van der Waals surface area contributed by atoms with E-state index in [-0.39, 0.29) is 0 Å². The van der Waals surface area contributed by atoms with E-state index in [4.69, 9.17) is 114 Å². The van der Waals surface area contributed by atoms with Crippen LogP contribution in [0.1, 0.15) is 99.2 Å². The molecule has 0 saturated carbocycles. The van der Waals surface area contributed by atoms with Crippen LogP contribution in [0.15, 0.2) is 4.99 Å². The van der Waals surface area contributed by atoms with E-state index in [1.165, 1.54) is 0 Å². The molecule has 3 aliphatic rings. The van der Waals surface area contributed by atoms with Crippen molar-refractivity contribution in [3.63, 3.8) is 0 Å². The maximum atomic E-state index is 13.1. The number of thiocarbonyl (C=S) groups is 1. The average Bonchev–Trinajstić information content (AvgIpc) is 0.849. The summed E-state index contributed by atoms with van der Waals surface area (Å²) >= 11 is 5.05. The molecule has 0 N–H and O–H groups in total. The highest BCUT2D eigenvalue weighted by molar-refractivity contribution is 7.78. The van der Waals surface area contributed by atoms with Gasteiger partial charge in [-0.05, 0) is 12.2 Å². The van der Waals surface area contributed by atoms with Crippen LogP contribution in [-0.2, 0) is 143 Å². The van der Waals surface area contributed by atoms with Gasteiger partial charge < -0.3 is 85.3 Å². The molecule has 15 atom stereocenters. The quantitative estimate of drug-likeness (QED) is 0.0464. The van der Waals surface area contributed by atoms with Crippen LogP contribution in [-0.4, -0.2) is 214 Å². The Morgan fingerprint density at radius 3 is 0.797 bits per heavy atom. The fourth-order valence-electron chi connectivity index (χ4n) is 7.57. The van der Waals surface area contributed by atoms with Crippen molar-refractivity contribution in [3.8, 4) is 0 Å². The molecule has 3 saturated heterocycles. The van der Waals surface area contributed by atoms with E-state index in [2.05, 4.69) is 4.99 Å². The van der Waals surface area contributed by atoms with Crippen molar-refractivity contribution in [2.75, 3.05) is 39.6 Å².